The van der Waals surface area contributed by atoms with Gasteiger partial charge in [-0.1, -0.05) is 151 Å². The van der Waals surface area contributed by atoms with Gasteiger partial charge >= 0.3 is 0 Å². The Bertz CT molecular complexity index is 2340. The predicted octanol–water partition coefficient (Wildman–Crippen LogP) is 11.9. The molecule has 0 saturated carbocycles. The molecule has 0 saturated heterocycles. The van der Waals surface area contributed by atoms with Crippen molar-refractivity contribution >= 4 is 46.5 Å². The molecule has 2 heterocycles. The Morgan fingerprint density at radius 3 is 2.35 bits per heavy atom. The lowest BCUT2D eigenvalue weighted by Crippen LogP contribution is -2.46. The first-order chi connectivity index (χ1) is 26.5. The van der Waals surface area contributed by atoms with E-state index < -0.39 is 0 Å². The van der Waals surface area contributed by atoms with Crippen molar-refractivity contribution in [1.29, 1.82) is 0 Å². The minimum absolute atomic E-state index is 0.124. The van der Waals surface area contributed by atoms with E-state index in [0.717, 1.165) is 25.8 Å². The fraction of sp³-hybridized carbons (Fsp3) is 0.346. The van der Waals surface area contributed by atoms with Crippen LogP contribution >= 0.6 is 0 Å². The molecule has 2 aliphatic heterocycles. The predicted molar refractivity (Wildman–Crippen MR) is 236 cm³/mol. The van der Waals surface area contributed by atoms with E-state index in [2.05, 4.69) is 168 Å². The van der Waals surface area contributed by atoms with Crippen LogP contribution in [0.1, 0.15) is 109 Å². The Kier molecular flexibility index (Phi) is 8.69. The summed E-state index contributed by atoms with van der Waals surface area (Å²) in [7, 11) is 0.915. The number of aryl methyl sites for hydroxylation is 1. The average molecular weight is 719 g/mol. The SMILES string of the molecule is CCCCCc1cc(C2=CC3=C(CC2Nc2ccc(-c4ccccc4)cc2)C(C)(C)CCC3(C)C)c2c(c1)N1c3c#cccc3C(C)(C)c3cccc(c31)B2. The van der Waals surface area contributed by atoms with E-state index in [9.17, 15) is 0 Å². The topological polar surface area (TPSA) is 15.3 Å². The highest BCUT2D eigenvalue weighted by Crippen LogP contribution is 2.55. The standard InChI is InChI=1S/C52H55BN2/c1-8-9-11-17-34-30-39(48-47(31-34)55-46-23-15-14-20-40(46)52(6,7)41-21-16-22-44(53-48)49(41)55)38-32-42-43(51(4,5)29-28-50(42,2)3)33-45(38)54-37-26-24-36(25-27-37)35-18-12-10-13-19-35/h10,12-14,16,18-22,24-27,30-32,45,53-54H,8-9,11,17,28-29,33H2,1-7H3. The quantitative estimate of drug-likeness (QED) is 0.125. The van der Waals surface area contributed by atoms with E-state index >= 15 is 0 Å². The number of benzene rings is 4. The number of fused-ring (bicyclic) bond motifs is 4. The van der Waals surface area contributed by atoms with Crippen LogP contribution in [0.4, 0.5) is 22.7 Å². The van der Waals surface area contributed by atoms with E-state index in [0.29, 0.717) is 0 Å². The fourth-order valence-corrected chi connectivity index (χ4v) is 10.2. The third kappa shape index (κ3) is 6.05. The van der Waals surface area contributed by atoms with Gasteiger partial charge in [-0.2, -0.15) is 0 Å². The van der Waals surface area contributed by atoms with Crippen molar-refractivity contribution in [3.63, 3.8) is 0 Å². The number of hydrogen-bond donors (Lipinski definition) is 1. The zero-order valence-electron chi connectivity index (χ0n) is 34.0. The van der Waals surface area contributed by atoms with Crippen LogP contribution in [0.3, 0.4) is 0 Å². The van der Waals surface area contributed by atoms with Gasteiger partial charge in [0.25, 0.3) is 0 Å². The van der Waals surface area contributed by atoms with Crippen LogP contribution in [-0.4, -0.2) is 13.3 Å². The summed E-state index contributed by atoms with van der Waals surface area (Å²) in [6.07, 6.45) is 10.8. The maximum Gasteiger partial charge on any atom is 0.198 e. The fourth-order valence-electron chi connectivity index (χ4n) is 10.2. The molecule has 4 aliphatic rings. The molecule has 5 aromatic rings. The van der Waals surface area contributed by atoms with Crippen molar-refractivity contribution in [2.75, 3.05) is 10.2 Å². The van der Waals surface area contributed by atoms with Gasteiger partial charge in [0.2, 0.25) is 0 Å². The Labute approximate surface area is 331 Å². The summed E-state index contributed by atoms with van der Waals surface area (Å²) in [5.41, 5.74) is 20.7. The van der Waals surface area contributed by atoms with Crippen molar-refractivity contribution < 1.29 is 0 Å². The molecular formula is C52H55BN2. The second-order valence-corrected chi connectivity index (χ2v) is 18.5. The number of nitrogens with one attached hydrogen (secondary N) is 1. The Morgan fingerprint density at radius 2 is 1.56 bits per heavy atom. The van der Waals surface area contributed by atoms with Crippen LogP contribution in [0.2, 0.25) is 0 Å². The normalized spacial score (nSPS) is 19.5. The van der Waals surface area contributed by atoms with Crippen molar-refractivity contribution in [3.05, 3.63) is 149 Å². The molecule has 1 atom stereocenters. The highest BCUT2D eigenvalue weighted by atomic mass is 15.2. The maximum absolute atomic E-state index is 4.15. The smallest absolute Gasteiger partial charge is 0.198 e. The lowest BCUT2D eigenvalue weighted by Gasteiger charge is -2.48. The Morgan fingerprint density at radius 1 is 0.800 bits per heavy atom. The van der Waals surface area contributed by atoms with Gasteiger partial charge in [-0.3, -0.25) is 0 Å². The summed E-state index contributed by atoms with van der Waals surface area (Å²) in [6, 6.07) is 43.4. The number of para-hydroxylation sites is 1. The molecule has 0 aromatic heterocycles. The lowest BCUT2D eigenvalue weighted by atomic mass is 9.54. The van der Waals surface area contributed by atoms with Crippen LogP contribution in [0.5, 0.6) is 0 Å². The molecule has 0 bridgehead atoms. The molecule has 1 N–H and O–H groups in total. The summed E-state index contributed by atoms with van der Waals surface area (Å²) >= 11 is 0. The maximum atomic E-state index is 4.15. The second kappa shape index (κ2) is 13.4. The third-order valence-electron chi connectivity index (χ3n) is 13.6. The number of anilines is 4. The minimum Gasteiger partial charge on any atom is -0.378 e. The lowest BCUT2D eigenvalue weighted by molar-refractivity contribution is 0.258. The van der Waals surface area contributed by atoms with Crippen molar-refractivity contribution in [1.82, 2.24) is 0 Å². The van der Waals surface area contributed by atoms with Gasteiger partial charge in [-0.05, 0) is 129 Å². The first-order valence-electron chi connectivity index (χ1n) is 20.9. The molecule has 9 rings (SSSR count). The van der Waals surface area contributed by atoms with Gasteiger partial charge in [-0.25, -0.2) is 0 Å². The summed E-state index contributed by atoms with van der Waals surface area (Å²) in [5, 5.41) is 4.15. The van der Waals surface area contributed by atoms with E-state index in [1.54, 1.807) is 11.1 Å². The number of unbranched alkanes of at least 4 members (excludes halogenated alkanes) is 2. The van der Waals surface area contributed by atoms with Crippen LogP contribution in [0.15, 0.2) is 114 Å². The van der Waals surface area contributed by atoms with Crippen LogP contribution in [0, 0.1) is 23.0 Å². The van der Waals surface area contributed by atoms with E-state index in [1.165, 1.54) is 99.0 Å². The Hall–Kier alpha value is -4.94. The van der Waals surface area contributed by atoms with Crippen LogP contribution in [0.25, 0.3) is 16.7 Å². The summed E-state index contributed by atoms with van der Waals surface area (Å²) < 4.78 is 0. The molecule has 2 nitrogen and oxygen atoms in total. The average Bonchev–Trinajstić information content (AvgIpc) is 3.19. The number of allylic oxidation sites excluding steroid dienone is 2. The molecule has 5 aromatic carbocycles. The largest absolute Gasteiger partial charge is 0.378 e. The molecule has 0 radical (unpaired) electrons. The van der Waals surface area contributed by atoms with Crippen molar-refractivity contribution in [2.45, 2.75) is 105 Å². The molecule has 55 heavy (non-hydrogen) atoms. The zero-order valence-corrected chi connectivity index (χ0v) is 34.0. The van der Waals surface area contributed by atoms with Crippen LogP contribution in [-0.2, 0) is 11.8 Å². The summed E-state index contributed by atoms with van der Waals surface area (Å²) in [4.78, 5) is 2.57. The Balaban J connectivity index is 1.24. The highest BCUT2D eigenvalue weighted by molar-refractivity contribution is 6.72. The van der Waals surface area contributed by atoms with E-state index in [-0.39, 0.29) is 22.3 Å². The van der Waals surface area contributed by atoms with Gasteiger partial charge < -0.3 is 10.2 Å². The monoisotopic (exact) mass is 718 g/mol. The highest BCUT2D eigenvalue weighted by Gasteiger charge is 2.44. The molecule has 0 amide bonds. The van der Waals surface area contributed by atoms with Crippen LogP contribution < -0.4 is 21.1 Å². The number of rotatable bonds is 8. The first-order valence-corrected chi connectivity index (χ1v) is 20.9. The number of nitrogens with zero attached hydrogens (tertiary/aromatic N) is 1. The summed E-state index contributed by atoms with van der Waals surface area (Å²) in [5.74, 6) is 0. The van der Waals surface area contributed by atoms with Gasteiger partial charge in [0.05, 0.1) is 6.04 Å². The molecule has 2 aliphatic carbocycles. The molecule has 0 fully saturated rings. The van der Waals surface area contributed by atoms with E-state index in [1.807, 2.05) is 6.07 Å². The third-order valence-corrected chi connectivity index (χ3v) is 13.6. The number of hydrogen-bond acceptors (Lipinski definition) is 2. The van der Waals surface area contributed by atoms with Gasteiger partial charge in [-0.15, -0.1) is 0 Å². The minimum atomic E-state index is -0.124. The summed E-state index contributed by atoms with van der Waals surface area (Å²) in [6.45, 7) is 17.0. The molecule has 1 unspecified atom stereocenters. The van der Waals surface area contributed by atoms with Crippen molar-refractivity contribution in [2.24, 2.45) is 10.8 Å². The van der Waals surface area contributed by atoms with E-state index in [4.69, 9.17) is 0 Å². The molecule has 276 valence electrons. The van der Waals surface area contributed by atoms with Gasteiger partial charge in [0.1, 0.15) is 5.69 Å². The molecular weight excluding hydrogens is 663 g/mol. The first kappa shape index (κ1) is 35.7. The van der Waals surface area contributed by atoms with Crippen molar-refractivity contribution in [3.8, 4) is 11.1 Å². The zero-order chi connectivity index (χ0) is 38.1. The van der Waals surface area contributed by atoms with Gasteiger partial charge in [0.15, 0.2) is 7.28 Å². The molecule has 3 heteroatoms. The second-order valence-electron chi connectivity index (χ2n) is 18.5. The van der Waals surface area contributed by atoms with Gasteiger partial charge in [0, 0.05) is 22.5 Å². The molecule has 0 spiro atoms.